The first-order chi connectivity index (χ1) is 9.18. The summed E-state index contributed by atoms with van der Waals surface area (Å²) in [5.74, 6) is -0.773. The first-order valence-corrected chi connectivity index (χ1v) is 6.62. The van der Waals surface area contributed by atoms with Gasteiger partial charge in [0.05, 0.1) is 0 Å². The van der Waals surface area contributed by atoms with Crippen LogP contribution >= 0.6 is 0 Å². The lowest BCUT2D eigenvalue weighted by atomic mass is 10.2. The van der Waals surface area contributed by atoms with Gasteiger partial charge in [-0.25, -0.2) is 0 Å². The largest absolute Gasteiger partial charge is 0.337 e. The molecule has 0 bridgehead atoms. The van der Waals surface area contributed by atoms with Crippen molar-refractivity contribution in [2.45, 2.75) is 19.3 Å². The number of likely N-dealkylation sites (tertiary alicyclic amines) is 1. The Kier molecular flexibility index (Phi) is 4.49. The lowest BCUT2D eigenvalue weighted by Gasteiger charge is -2.20. The van der Waals surface area contributed by atoms with E-state index in [4.69, 9.17) is 0 Å². The van der Waals surface area contributed by atoms with E-state index in [1.54, 1.807) is 24.3 Å². The van der Waals surface area contributed by atoms with Gasteiger partial charge in [-0.1, -0.05) is 0 Å². The molecular weight excluding hydrogens is 242 g/mol. The summed E-state index contributed by atoms with van der Waals surface area (Å²) in [6.07, 6.45) is 6.19. The summed E-state index contributed by atoms with van der Waals surface area (Å²) in [5, 5.41) is 0. The first-order valence-electron chi connectivity index (χ1n) is 6.62. The zero-order chi connectivity index (χ0) is 13.7. The van der Waals surface area contributed by atoms with Gasteiger partial charge in [-0.3, -0.25) is 14.6 Å². The number of rotatable bonds is 3. The number of hydrogen-bond acceptors (Lipinski definition) is 3. The van der Waals surface area contributed by atoms with Gasteiger partial charge in [0, 0.05) is 39.1 Å². The van der Waals surface area contributed by atoms with Crippen molar-refractivity contribution < 1.29 is 9.59 Å². The first kappa shape index (κ1) is 13.5. The molecule has 0 N–H and O–H groups in total. The van der Waals surface area contributed by atoms with E-state index in [1.807, 2.05) is 12.1 Å². The number of carbonyl (C=O) groups is 2. The van der Waals surface area contributed by atoms with Crippen LogP contribution in [-0.4, -0.2) is 53.3 Å². The van der Waals surface area contributed by atoms with E-state index in [-0.39, 0.29) is 5.91 Å². The third-order valence-electron chi connectivity index (χ3n) is 3.41. The monoisotopic (exact) mass is 261 g/mol. The highest BCUT2D eigenvalue weighted by Crippen LogP contribution is 2.08. The Morgan fingerprint density at radius 3 is 2.53 bits per heavy atom. The van der Waals surface area contributed by atoms with E-state index in [1.165, 1.54) is 4.90 Å². The van der Waals surface area contributed by atoms with Crippen molar-refractivity contribution >= 4 is 11.8 Å². The predicted molar refractivity (Wildman–Crippen MR) is 71.4 cm³/mol. The fraction of sp³-hybridized carbons (Fsp3) is 0.500. The molecule has 2 rings (SSSR count). The minimum atomic E-state index is -0.407. The van der Waals surface area contributed by atoms with Crippen molar-refractivity contribution in [2.75, 3.05) is 26.7 Å². The molecule has 1 aliphatic rings. The summed E-state index contributed by atoms with van der Waals surface area (Å²) in [7, 11) is 1.68. The maximum Gasteiger partial charge on any atom is 0.312 e. The third kappa shape index (κ3) is 3.53. The molecule has 1 saturated heterocycles. The summed E-state index contributed by atoms with van der Waals surface area (Å²) in [5.41, 5.74) is 1.11. The van der Waals surface area contributed by atoms with Crippen LogP contribution in [0.25, 0.3) is 0 Å². The van der Waals surface area contributed by atoms with Crippen molar-refractivity contribution in [3.05, 3.63) is 30.1 Å². The van der Waals surface area contributed by atoms with Gasteiger partial charge in [0.25, 0.3) is 0 Å². The van der Waals surface area contributed by atoms with Crippen LogP contribution in [0.1, 0.15) is 18.4 Å². The van der Waals surface area contributed by atoms with Crippen LogP contribution < -0.4 is 0 Å². The van der Waals surface area contributed by atoms with Crippen molar-refractivity contribution in [3.63, 3.8) is 0 Å². The van der Waals surface area contributed by atoms with Crippen molar-refractivity contribution in [1.29, 1.82) is 0 Å². The Hall–Kier alpha value is -1.91. The molecule has 0 saturated carbocycles. The molecule has 1 aromatic heterocycles. The Morgan fingerprint density at radius 2 is 1.89 bits per heavy atom. The minimum Gasteiger partial charge on any atom is -0.337 e. The summed E-state index contributed by atoms with van der Waals surface area (Å²) >= 11 is 0. The van der Waals surface area contributed by atoms with Gasteiger partial charge in [-0.15, -0.1) is 0 Å². The second-order valence-electron chi connectivity index (χ2n) is 4.83. The van der Waals surface area contributed by atoms with Gasteiger partial charge in [0.15, 0.2) is 0 Å². The maximum atomic E-state index is 12.0. The average molecular weight is 261 g/mol. The molecule has 0 radical (unpaired) electrons. The molecule has 0 spiro atoms. The zero-order valence-corrected chi connectivity index (χ0v) is 11.2. The molecule has 1 aromatic rings. The average Bonchev–Trinajstić information content (AvgIpc) is 2.98. The van der Waals surface area contributed by atoms with Crippen LogP contribution in [0.4, 0.5) is 0 Å². The van der Waals surface area contributed by atoms with Gasteiger partial charge in [-0.05, 0) is 37.0 Å². The standard InChI is InChI=1S/C14H19N3O2/c1-16(11-6-12-4-7-15-8-5-12)13(18)14(19)17-9-2-3-10-17/h4-5,7-8H,2-3,6,9-11H2,1H3. The third-order valence-corrected chi connectivity index (χ3v) is 3.41. The number of amides is 2. The Labute approximate surface area is 113 Å². The number of aromatic nitrogens is 1. The van der Waals surface area contributed by atoms with Crippen LogP contribution in [0, 0.1) is 0 Å². The highest BCUT2D eigenvalue weighted by atomic mass is 16.2. The maximum absolute atomic E-state index is 12.0. The molecule has 5 nitrogen and oxygen atoms in total. The normalized spacial score (nSPS) is 14.5. The van der Waals surface area contributed by atoms with Gasteiger partial charge < -0.3 is 9.80 Å². The molecular formula is C14H19N3O2. The fourth-order valence-electron chi connectivity index (χ4n) is 2.17. The van der Waals surface area contributed by atoms with E-state index < -0.39 is 5.91 Å². The topological polar surface area (TPSA) is 53.5 Å². The summed E-state index contributed by atoms with van der Waals surface area (Å²) in [6, 6.07) is 3.83. The molecule has 19 heavy (non-hydrogen) atoms. The van der Waals surface area contributed by atoms with E-state index in [0.717, 1.165) is 24.8 Å². The lowest BCUT2D eigenvalue weighted by molar-refractivity contribution is -0.150. The Morgan fingerprint density at radius 1 is 1.26 bits per heavy atom. The summed E-state index contributed by atoms with van der Waals surface area (Å²) < 4.78 is 0. The number of carbonyl (C=O) groups excluding carboxylic acids is 2. The molecule has 2 heterocycles. The molecule has 1 aliphatic heterocycles. The van der Waals surface area contributed by atoms with Crippen molar-refractivity contribution in [1.82, 2.24) is 14.8 Å². The second kappa shape index (κ2) is 6.31. The van der Waals surface area contributed by atoms with Crippen LogP contribution in [-0.2, 0) is 16.0 Å². The highest BCUT2D eigenvalue weighted by Gasteiger charge is 2.26. The fourth-order valence-corrected chi connectivity index (χ4v) is 2.17. The quantitative estimate of drug-likeness (QED) is 0.753. The molecule has 2 amide bonds. The molecule has 1 fully saturated rings. The van der Waals surface area contributed by atoms with Crippen molar-refractivity contribution in [3.8, 4) is 0 Å². The summed E-state index contributed by atoms with van der Waals surface area (Å²) in [6.45, 7) is 1.97. The van der Waals surface area contributed by atoms with Crippen molar-refractivity contribution in [2.24, 2.45) is 0 Å². The Bertz CT molecular complexity index is 441. The van der Waals surface area contributed by atoms with E-state index in [2.05, 4.69) is 4.98 Å². The molecule has 102 valence electrons. The lowest BCUT2D eigenvalue weighted by Crippen LogP contribution is -2.43. The van der Waals surface area contributed by atoms with Gasteiger partial charge in [-0.2, -0.15) is 0 Å². The van der Waals surface area contributed by atoms with Gasteiger partial charge in [0.2, 0.25) is 0 Å². The van der Waals surface area contributed by atoms with E-state index in [9.17, 15) is 9.59 Å². The Balaban J connectivity index is 1.83. The number of nitrogens with zero attached hydrogens (tertiary/aromatic N) is 3. The van der Waals surface area contributed by atoms with Crippen LogP contribution in [0.5, 0.6) is 0 Å². The SMILES string of the molecule is CN(CCc1ccncc1)C(=O)C(=O)N1CCCC1. The molecule has 0 aromatic carbocycles. The van der Waals surface area contributed by atoms with E-state index in [0.29, 0.717) is 19.6 Å². The van der Waals surface area contributed by atoms with Gasteiger partial charge >= 0.3 is 11.8 Å². The number of pyridine rings is 1. The summed E-state index contributed by atoms with van der Waals surface area (Å²) in [4.78, 5) is 31.0. The van der Waals surface area contributed by atoms with E-state index >= 15 is 0 Å². The highest BCUT2D eigenvalue weighted by molar-refractivity contribution is 6.34. The van der Waals surface area contributed by atoms with Crippen LogP contribution in [0.3, 0.4) is 0 Å². The molecule has 0 atom stereocenters. The minimum absolute atomic E-state index is 0.366. The van der Waals surface area contributed by atoms with Crippen LogP contribution in [0.2, 0.25) is 0 Å². The molecule has 0 aliphatic carbocycles. The number of hydrogen-bond donors (Lipinski definition) is 0. The van der Waals surface area contributed by atoms with Gasteiger partial charge in [0.1, 0.15) is 0 Å². The second-order valence-corrected chi connectivity index (χ2v) is 4.83. The number of likely N-dealkylation sites (N-methyl/N-ethyl adjacent to an activating group) is 1. The zero-order valence-electron chi connectivity index (χ0n) is 11.2. The van der Waals surface area contributed by atoms with Crippen LogP contribution in [0.15, 0.2) is 24.5 Å². The predicted octanol–water partition coefficient (Wildman–Crippen LogP) is 0.705. The smallest absolute Gasteiger partial charge is 0.312 e. The molecule has 5 heteroatoms. The molecule has 0 unspecified atom stereocenters.